The molecule has 1 aromatic rings. The second kappa shape index (κ2) is 13.3. The maximum absolute atomic E-state index is 12.9. The van der Waals surface area contributed by atoms with Crippen molar-refractivity contribution in [2.75, 3.05) is 0 Å². The number of hydrogen-bond acceptors (Lipinski definition) is 2. The predicted octanol–water partition coefficient (Wildman–Crippen LogP) is 8.22. The normalized spacial score (nSPS) is 26.2. The van der Waals surface area contributed by atoms with Crippen molar-refractivity contribution in [3.05, 3.63) is 35.4 Å². The Morgan fingerprint density at radius 3 is 2.12 bits per heavy atom. The summed E-state index contributed by atoms with van der Waals surface area (Å²) in [5.41, 5.74) is 2.51. The van der Waals surface area contributed by atoms with E-state index in [1.807, 2.05) is 0 Å². The third-order valence-electron chi connectivity index (χ3n) is 8.22. The summed E-state index contributed by atoms with van der Waals surface area (Å²) in [5.74, 6) is 2.14. The summed E-state index contributed by atoms with van der Waals surface area (Å²) in [7, 11) is 0. The van der Waals surface area contributed by atoms with Gasteiger partial charge in [0, 0.05) is 12.8 Å². The average Bonchev–Trinajstić information content (AvgIpc) is 2.80. The Bertz CT molecular complexity index is 696. The monoisotopic (exact) mass is 438 g/mol. The van der Waals surface area contributed by atoms with Crippen molar-refractivity contribution in [2.24, 2.45) is 17.8 Å². The molecule has 0 bridgehead atoms. The van der Waals surface area contributed by atoms with Crippen LogP contribution in [0.1, 0.15) is 127 Å². The summed E-state index contributed by atoms with van der Waals surface area (Å²) in [6, 6.07) is 8.75. The molecular formula is C30H46O2. The van der Waals surface area contributed by atoms with Gasteiger partial charge < -0.3 is 0 Å². The van der Waals surface area contributed by atoms with Crippen LogP contribution in [0.3, 0.4) is 0 Å². The number of hydrogen-bond donors (Lipinski definition) is 0. The minimum atomic E-state index is -0.347. The average molecular weight is 439 g/mol. The topological polar surface area (TPSA) is 34.1 Å². The van der Waals surface area contributed by atoms with Gasteiger partial charge in [0.15, 0.2) is 0 Å². The number of rotatable bonds is 12. The van der Waals surface area contributed by atoms with E-state index in [0.29, 0.717) is 24.7 Å². The van der Waals surface area contributed by atoms with Gasteiger partial charge in [-0.3, -0.25) is 9.59 Å². The van der Waals surface area contributed by atoms with Crippen LogP contribution >= 0.6 is 0 Å². The summed E-state index contributed by atoms with van der Waals surface area (Å²) >= 11 is 0. The van der Waals surface area contributed by atoms with Crippen LogP contribution in [0.15, 0.2) is 24.3 Å². The summed E-state index contributed by atoms with van der Waals surface area (Å²) in [6.07, 6.45) is 18.5. The molecule has 1 aromatic carbocycles. The van der Waals surface area contributed by atoms with Crippen LogP contribution in [0, 0.1) is 17.8 Å². The van der Waals surface area contributed by atoms with Gasteiger partial charge in [0.1, 0.15) is 11.6 Å². The third-order valence-corrected chi connectivity index (χ3v) is 8.22. The van der Waals surface area contributed by atoms with Crippen LogP contribution in [0.2, 0.25) is 0 Å². The van der Waals surface area contributed by atoms with Crippen LogP contribution in [-0.4, -0.2) is 11.6 Å². The number of benzene rings is 1. The molecule has 0 N–H and O–H groups in total. The first kappa shape index (κ1) is 25.2. The number of unbranched alkanes of at least 4 members (excludes halogenated alkanes) is 4. The predicted molar refractivity (Wildman–Crippen MR) is 134 cm³/mol. The van der Waals surface area contributed by atoms with E-state index in [0.717, 1.165) is 30.7 Å². The zero-order valence-corrected chi connectivity index (χ0v) is 20.7. The van der Waals surface area contributed by atoms with Gasteiger partial charge in [-0.2, -0.15) is 0 Å². The molecule has 2 nitrogen and oxygen atoms in total. The van der Waals surface area contributed by atoms with Gasteiger partial charge in [0.05, 0.1) is 5.92 Å². The molecule has 2 atom stereocenters. The molecule has 0 heterocycles. The molecule has 3 rings (SSSR count). The van der Waals surface area contributed by atoms with E-state index in [9.17, 15) is 9.59 Å². The largest absolute Gasteiger partial charge is 0.299 e. The molecule has 32 heavy (non-hydrogen) atoms. The maximum atomic E-state index is 12.9. The molecule has 2 fully saturated rings. The standard InChI is InChI=1S/C30H46O2/c1-3-5-6-7-8-10-24-15-20-28(29(31)21-24)30(32)22-25-13-18-27(19-14-25)26-16-11-23(9-4-2)12-17-26/h13-14,18-19,23-24,26,28H,3-12,15-17,20-22H2,1-2H3. The SMILES string of the molecule is CCCCCCCC1CCC(C(=O)Cc2ccc(C3CCC(CCC)CC3)cc2)C(=O)C1. The second-order valence-corrected chi connectivity index (χ2v) is 10.8. The van der Waals surface area contributed by atoms with Crippen LogP contribution in [-0.2, 0) is 16.0 Å². The van der Waals surface area contributed by atoms with Gasteiger partial charge in [-0.1, -0.05) is 89.5 Å². The Morgan fingerprint density at radius 1 is 0.781 bits per heavy atom. The molecule has 2 aliphatic rings. The molecule has 0 spiro atoms. The minimum absolute atomic E-state index is 0.143. The molecular weight excluding hydrogens is 392 g/mol. The number of carbonyl (C=O) groups excluding carboxylic acids is 2. The molecule has 0 saturated heterocycles. The first-order chi connectivity index (χ1) is 15.6. The molecule has 2 heteroatoms. The van der Waals surface area contributed by atoms with E-state index < -0.39 is 0 Å². The molecule has 0 aromatic heterocycles. The highest BCUT2D eigenvalue weighted by Gasteiger charge is 2.33. The second-order valence-electron chi connectivity index (χ2n) is 10.8. The van der Waals surface area contributed by atoms with Crippen molar-refractivity contribution in [1.29, 1.82) is 0 Å². The summed E-state index contributed by atoms with van der Waals surface area (Å²) in [5, 5.41) is 0. The minimum Gasteiger partial charge on any atom is -0.299 e. The van der Waals surface area contributed by atoms with Crippen molar-refractivity contribution >= 4 is 11.6 Å². The first-order valence-corrected chi connectivity index (χ1v) is 13.7. The highest BCUT2D eigenvalue weighted by atomic mass is 16.1. The molecule has 2 aliphatic carbocycles. The maximum Gasteiger partial charge on any atom is 0.147 e. The zero-order valence-electron chi connectivity index (χ0n) is 20.7. The molecule has 2 unspecified atom stereocenters. The van der Waals surface area contributed by atoms with Crippen molar-refractivity contribution in [3.8, 4) is 0 Å². The van der Waals surface area contributed by atoms with Gasteiger partial charge >= 0.3 is 0 Å². The summed E-state index contributed by atoms with van der Waals surface area (Å²) < 4.78 is 0. The van der Waals surface area contributed by atoms with Gasteiger partial charge in [0.2, 0.25) is 0 Å². The third kappa shape index (κ3) is 7.56. The fourth-order valence-corrected chi connectivity index (χ4v) is 6.14. The molecule has 0 radical (unpaired) electrons. The lowest BCUT2D eigenvalue weighted by atomic mass is 9.76. The smallest absolute Gasteiger partial charge is 0.147 e. The highest BCUT2D eigenvalue weighted by Crippen LogP contribution is 2.37. The van der Waals surface area contributed by atoms with Crippen molar-refractivity contribution in [2.45, 2.75) is 122 Å². The molecule has 0 aliphatic heterocycles. The first-order valence-electron chi connectivity index (χ1n) is 13.7. The summed E-state index contributed by atoms with van der Waals surface area (Å²) in [6.45, 7) is 4.53. The summed E-state index contributed by atoms with van der Waals surface area (Å²) in [4.78, 5) is 25.6. The van der Waals surface area contributed by atoms with Crippen molar-refractivity contribution < 1.29 is 9.59 Å². The van der Waals surface area contributed by atoms with E-state index in [4.69, 9.17) is 0 Å². The highest BCUT2D eigenvalue weighted by molar-refractivity contribution is 6.03. The lowest BCUT2D eigenvalue weighted by Gasteiger charge is -2.28. The van der Waals surface area contributed by atoms with E-state index >= 15 is 0 Å². The molecule has 2 saturated carbocycles. The fraction of sp³-hybridized carbons (Fsp3) is 0.733. The Labute approximate surface area is 197 Å². The van der Waals surface area contributed by atoms with E-state index in [2.05, 4.69) is 38.1 Å². The van der Waals surface area contributed by atoms with Crippen LogP contribution in [0.4, 0.5) is 0 Å². The number of Topliss-reactive ketones (excluding diaryl/α,β-unsaturated/α-hetero) is 2. The quantitative estimate of drug-likeness (QED) is 0.243. The van der Waals surface area contributed by atoms with Crippen LogP contribution in [0.5, 0.6) is 0 Å². The Hall–Kier alpha value is -1.44. The van der Waals surface area contributed by atoms with Gasteiger partial charge in [-0.15, -0.1) is 0 Å². The van der Waals surface area contributed by atoms with Gasteiger partial charge in [0.25, 0.3) is 0 Å². The lowest BCUT2D eigenvalue weighted by molar-refractivity contribution is -0.135. The van der Waals surface area contributed by atoms with E-state index in [1.165, 1.54) is 76.2 Å². The van der Waals surface area contributed by atoms with Gasteiger partial charge in [-0.05, 0) is 67.4 Å². The van der Waals surface area contributed by atoms with Gasteiger partial charge in [-0.25, -0.2) is 0 Å². The van der Waals surface area contributed by atoms with E-state index in [-0.39, 0.29) is 17.5 Å². The lowest BCUT2D eigenvalue weighted by Crippen LogP contribution is -2.32. The van der Waals surface area contributed by atoms with E-state index in [1.54, 1.807) is 0 Å². The van der Waals surface area contributed by atoms with Crippen molar-refractivity contribution in [1.82, 2.24) is 0 Å². The molecule has 178 valence electrons. The zero-order chi connectivity index (χ0) is 22.8. The fourth-order valence-electron chi connectivity index (χ4n) is 6.14. The Balaban J connectivity index is 1.41. The Morgan fingerprint density at radius 2 is 1.47 bits per heavy atom. The van der Waals surface area contributed by atoms with Crippen LogP contribution < -0.4 is 0 Å². The van der Waals surface area contributed by atoms with Crippen molar-refractivity contribution in [3.63, 3.8) is 0 Å². The molecule has 0 amide bonds. The Kier molecular flexibility index (Phi) is 10.5. The van der Waals surface area contributed by atoms with Crippen LogP contribution in [0.25, 0.3) is 0 Å². The number of carbonyl (C=O) groups is 2. The number of ketones is 2.